The molecule has 4 rings (SSSR count). The Balaban J connectivity index is 1.84. The van der Waals surface area contributed by atoms with Crippen LogP contribution >= 0.6 is 11.3 Å². The Morgan fingerprint density at radius 2 is 1.43 bits per heavy atom. The SMILES string of the molecule is COc1cc(/C=C\c2ccc(OC)c(OC(C)c3ccc([N+](=O)[O-])s3)c2OS(=O)(=O)c2ccc(C)cc2)cc(OC)c1OC. The van der Waals surface area contributed by atoms with Gasteiger partial charge < -0.3 is 27.9 Å². The maximum absolute atomic E-state index is 13.5. The van der Waals surface area contributed by atoms with Crippen molar-refractivity contribution in [3.8, 4) is 34.5 Å². The lowest BCUT2D eigenvalue weighted by Gasteiger charge is -2.20. The average Bonchev–Trinajstić information content (AvgIpc) is 3.52. The molecule has 1 atom stereocenters. The molecule has 0 aliphatic heterocycles. The van der Waals surface area contributed by atoms with E-state index in [1.807, 2.05) is 6.92 Å². The highest BCUT2D eigenvalue weighted by molar-refractivity contribution is 7.87. The Hall–Kier alpha value is -4.75. The molecule has 0 aliphatic rings. The van der Waals surface area contributed by atoms with Crippen molar-refractivity contribution in [3.05, 3.63) is 92.3 Å². The predicted octanol–water partition coefficient (Wildman–Crippen LogP) is 7.08. The molecule has 11 nitrogen and oxygen atoms in total. The Bertz CT molecular complexity index is 1750. The van der Waals surface area contributed by atoms with Crippen LogP contribution in [0.5, 0.6) is 34.5 Å². The summed E-state index contributed by atoms with van der Waals surface area (Å²) in [6.07, 6.45) is 2.64. The van der Waals surface area contributed by atoms with Crippen LogP contribution in [0.3, 0.4) is 0 Å². The molecule has 0 saturated heterocycles. The second kappa shape index (κ2) is 13.7. The maximum atomic E-state index is 13.5. The molecule has 3 aromatic carbocycles. The first-order valence-electron chi connectivity index (χ1n) is 13.1. The fourth-order valence-electron chi connectivity index (χ4n) is 4.19. The molecule has 0 N–H and O–H groups in total. The van der Waals surface area contributed by atoms with Gasteiger partial charge in [0.2, 0.25) is 11.5 Å². The Labute approximate surface area is 259 Å². The third-order valence-corrected chi connectivity index (χ3v) is 8.89. The van der Waals surface area contributed by atoms with E-state index in [-0.39, 0.29) is 27.1 Å². The van der Waals surface area contributed by atoms with Crippen LogP contribution < -0.4 is 27.9 Å². The second-order valence-corrected chi connectivity index (χ2v) is 12.0. The first-order chi connectivity index (χ1) is 21.0. The van der Waals surface area contributed by atoms with Crippen molar-refractivity contribution >= 4 is 38.6 Å². The minimum Gasteiger partial charge on any atom is -0.493 e. The molecule has 232 valence electrons. The first-order valence-corrected chi connectivity index (χ1v) is 15.3. The van der Waals surface area contributed by atoms with Crippen LogP contribution in [0.25, 0.3) is 12.2 Å². The summed E-state index contributed by atoms with van der Waals surface area (Å²) < 4.78 is 60.8. The number of hydrogen-bond acceptors (Lipinski definition) is 11. The van der Waals surface area contributed by atoms with Crippen LogP contribution in [-0.4, -0.2) is 41.8 Å². The summed E-state index contributed by atoms with van der Waals surface area (Å²) >= 11 is 0.949. The van der Waals surface area contributed by atoms with Crippen LogP contribution in [0.2, 0.25) is 0 Å². The molecule has 0 radical (unpaired) electrons. The highest BCUT2D eigenvalue weighted by Crippen LogP contribution is 2.46. The van der Waals surface area contributed by atoms with E-state index in [9.17, 15) is 18.5 Å². The molecule has 0 aliphatic carbocycles. The molecule has 1 unspecified atom stereocenters. The lowest BCUT2D eigenvalue weighted by atomic mass is 10.1. The Kier molecular flexibility index (Phi) is 10.0. The van der Waals surface area contributed by atoms with Gasteiger partial charge >= 0.3 is 15.1 Å². The molecule has 0 amide bonds. The number of thiophene rings is 1. The van der Waals surface area contributed by atoms with E-state index in [1.54, 1.807) is 61.5 Å². The van der Waals surface area contributed by atoms with Crippen molar-refractivity contribution in [2.75, 3.05) is 28.4 Å². The first kappa shape index (κ1) is 32.2. The molecular weight excluding hydrogens is 610 g/mol. The third-order valence-electron chi connectivity index (χ3n) is 6.46. The zero-order valence-electron chi connectivity index (χ0n) is 24.9. The van der Waals surface area contributed by atoms with Gasteiger partial charge in [0.05, 0.1) is 38.2 Å². The molecule has 1 aromatic heterocycles. The molecule has 44 heavy (non-hydrogen) atoms. The maximum Gasteiger partial charge on any atom is 0.339 e. The van der Waals surface area contributed by atoms with Crippen LogP contribution in [0, 0.1) is 17.0 Å². The highest BCUT2D eigenvalue weighted by atomic mass is 32.2. The van der Waals surface area contributed by atoms with E-state index in [0.29, 0.717) is 33.3 Å². The number of rotatable bonds is 13. The van der Waals surface area contributed by atoms with Crippen LogP contribution in [-0.2, 0) is 10.1 Å². The number of methoxy groups -OCH3 is 4. The monoisotopic (exact) mass is 641 g/mol. The fraction of sp³-hybridized carbons (Fsp3) is 0.226. The summed E-state index contributed by atoms with van der Waals surface area (Å²) in [6, 6.07) is 15.9. The van der Waals surface area contributed by atoms with Gasteiger partial charge in [-0.05, 0) is 61.9 Å². The molecule has 0 bridgehead atoms. The number of nitrogens with zero attached hydrogens (tertiary/aromatic N) is 1. The van der Waals surface area contributed by atoms with Gasteiger partial charge in [-0.25, -0.2) is 0 Å². The zero-order chi connectivity index (χ0) is 32.0. The van der Waals surface area contributed by atoms with Crippen molar-refractivity contribution in [2.45, 2.75) is 24.8 Å². The summed E-state index contributed by atoms with van der Waals surface area (Å²) in [5.74, 6) is 1.35. The summed E-state index contributed by atoms with van der Waals surface area (Å²) in [5, 5.41) is 11.2. The van der Waals surface area contributed by atoms with E-state index in [0.717, 1.165) is 16.9 Å². The van der Waals surface area contributed by atoms with Crippen LogP contribution in [0.4, 0.5) is 5.00 Å². The molecule has 13 heteroatoms. The van der Waals surface area contributed by atoms with E-state index in [2.05, 4.69) is 0 Å². The normalized spacial score (nSPS) is 12.0. The summed E-state index contributed by atoms with van der Waals surface area (Å²) in [7, 11) is 1.58. The van der Waals surface area contributed by atoms with Gasteiger partial charge in [-0.15, -0.1) is 0 Å². The van der Waals surface area contributed by atoms with E-state index >= 15 is 0 Å². The van der Waals surface area contributed by atoms with Gasteiger partial charge in [0, 0.05) is 11.6 Å². The second-order valence-electron chi connectivity index (χ2n) is 9.35. The molecule has 0 spiro atoms. The highest BCUT2D eigenvalue weighted by Gasteiger charge is 2.27. The number of hydrogen-bond donors (Lipinski definition) is 0. The van der Waals surface area contributed by atoms with Gasteiger partial charge in [-0.2, -0.15) is 8.42 Å². The summed E-state index contributed by atoms with van der Waals surface area (Å²) in [6.45, 7) is 3.53. The van der Waals surface area contributed by atoms with E-state index < -0.39 is 21.1 Å². The van der Waals surface area contributed by atoms with Crippen molar-refractivity contribution in [3.63, 3.8) is 0 Å². The largest absolute Gasteiger partial charge is 0.493 e. The standard InChI is InChI=1S/C31H31NO10S2/c1-19-7-12-23(13-8-19)44(35,36)42-29-22(10-9-21-17-25(38-4)30(40-6)26(18-21)39-5)11-14-24(37-3)31(29)41-20(2)27-15-16-28(43-27)32(33)34/h7-18,20H,1-6H3/b10-9-. The molecule has 1 heterocycles. The van der Waals surface area contributed by atoms with Crippen LogP contribution in [0.1, 0.15) is 34.6 Å². The zero-order valence-corrected chi connectivity index (χ0v) is 26.5. The van der Waals surface area contributed by atoms with Crippen molar-refractivity contribution in [2.24, 2.45) is 0 Å². The number of aryl methyl sites for hydroxylation is 1. The fourth-order valence-corrected chi connectivity index (χ4v) is 5.95. The van der Waals surface area contributed by atoms with Gasteiger partial charge in [0.25, 0.3) is 0 Å². The van der Waals surface area contributed by atoms with Gasteiger partial charge in [0.1, 0.15) is 11.0 Å². The van der Waals surface area contributed by atoms with Gasteiger partial charge in [-0.3, -0.25) is 10.1 Å². The van der Waals surface area contributed by atoms with Crippen LogP contribution in [0.15, 0.2) is 65.6 Å². The van der Waals surface area contributed by atoms with Gasteiger partial charge in [-0.1, -0.05) is 41.2 Å². The molecular formula is C31H31NO10S2. The quantitative estimate of drug-likeness (QED) is 0.0646. The summed E-state index contributed by atoms with van der Waals surface area (Å²) in [4.78, 5) is 11.3. The van der Waals surface area contributed by atoms with Crippen molar-refractivity contribution in [1.29, 1.82) is 0 Å². The van der Waals surface area contributed by atoms with E-state index in [4.69, 9.17) is 27.9 Å². The topological polar surface area (TPSA) is 133 Å². The van der Waals surface area contributed by atoms with Crippen molar-refractivity contribution in [1.82, 2.24) is 0 Å². The lowest BCUT2D eigenvalue weighted by Crippen LogP contribution is -2.13. The smallest absolute Gasteiger partial charge is 0.339 e. The van der Waals surface area contributed by atoms with Gasteiger partial charge in [0.15, 0.2) is 23.0 Å². The predicted molar refractivity (Wildman–Crippen MR) is 167 cm³/mol. The number of nitro groups is 1. The van der Waals surface area contributed by atoms with Crippen molar-refractivity contribution < 1.29 is 41.2 Å². The third kappa shape index (κ3) is 7.06. The molecule has 4 aromatic rings. The minimum absolute atomic E-state index is 0.00113. The average molecular weight is 642 g/mol. The molecule has 0 fully saturated rings. The Morgan fingerprint density at radius 1 is 0.795 bits per heavy atom. The van der Waals surface area contributed by atoms with E-state index in [1.165, 1.54) is 46.6 Å². The number of benzene rings is 3. The number of ether oxygens (including phenoxy) is 5. The molecule has 0 saturated carbocycles. The Morgan fingerprint density at radius 3 is 1.98 bits per heavy atom. The minimum atomic E-state index is -4.33. The summed E-state index contributed by atoms with van der Waals surface area (Å²) in [5.41, 5.74) is 1.88. The lowest BCUT2D eigenvalue weighted by molar-refractivity contribution is -0.380.